The van der Waals surface area contributed by atoms with Crippen molar-refractivity contribution in [2.24, 2.45) is 7.05 Å². The first-order valence-electron chi connectivity index (χ1n) is 6.29. The smallest absolute Gasteiger partial charge is 0.352 e. The summed E-state index contributed by atoms with van der Waals surface area (Å²) in [7, 11) is 1.75. The maximum atomic E-state index is 12.5. The quantitative estimate of drug-likeness (QED) is 0.849. The van der Waals surface area contributed by atoms with Gasteiger partial charge in [-0.2, -0.15) is 4.31 Å². The molecule has 1 aromatic heterocycles. The maximum Gasteiger partial charge on any atom is 0.352 e. The Hall–Kier alpha value is -1.38. The minimum Gasteiger partial charge on any atom is -0.477 e. The van der Waals surface area contributed by atoms with E-state index in [4.69, 9.17) is 5.11 Å². The summed E-state index contributed by atoms with van der Waals surface area (Å²) in [5.74, 6) is -1.14. The van der Waals surface area contributed by atoms with Crippen molar-refractivity contribution in [1.29, 1.82) is 0 Å². The molecule has 0 bridgehead atoms. The summed E-state index contributed by atoms with van der Waals surface area (Å²) >= 11 is 0. The summed E-state index contributed by atoms with van der Waals surface area (Å²) < 4.78 is 27.7. The maximum absolute atomic E-state index is 12.5. The fraction of sp³-hybridized carbons (Fsp3) is 0.583. The van der Waals surface area contributed by atoms with Gasteiger partial charge in [0.2, 0.25) is 10.0 Å². The van der Waals surface area contributed by atoms with Crippen LogP contribution in [0.5, 0.6) is 0 Å². The first-order valence-corrected chi connectivity index (χ1v) is 7.73. The van der Waals surface area contributed by atoms with E-state index in [0.717, 1.165) is 6.42 Å². The second kappa shape index (κ2) is 5.19. The van der Waals surface area contributed by atoms with Crippen LogP contribution in [0, 0.1) is 0 Å². The monoisotopic (exact) mass is 301 g/mol. The van der Waals surface area contributed by atoms with Gasteiger partial charge in [-0.15, -0.1) is 0 Å². The molecule has 0 saturated carbocycles. The van der Waals surface area contributed by atoms with Gasteiger partial charge >= 0.3 is 5.97 Å². The van der Waals surface area contributed by atoms with Gasteiger partial charge in [-0.1, -0.05) is 0 Å². The van der Waals surface area contributed by atoms with Crippen LogP contribution in [0.4, 0.5) is 0 Å². The second-order valence-corrected chi connectivity index (χ2v) is 7.18. The lowest BCUT2D eigenvalue weighted by Crippen LogP contribution is -2.34. The van der Waals surface area contributed by atoms with Crippen LogP contribution in [0.3, 0.4) is 0 Å². The van der Waals surface area contributed by atoms with Crippen molar-refractivity contribution >= 4 is 16.0 Å². The van der Waals surface area contributed by atoms with Gasteiger partial charge in [-0.3, -0.25) is 0 Å². The van der Waals surface area contributed by atoms with Crippen LogP contribution in [0.15, 0.2) is 17.2 Å². The number of sulfonamides is 1. The molecule has 1 N–H and O–H groups in total. The topological polar surface area (TPSA) is 82.8 Å². The summed E-state index contributed by atoms with van der Waals surface area (Å²) in [5.41, 5.74) is -0.0352. The molecule has 1 aromatic rings. The van der Waals surface area contributed by atoms with E-state index in [9.17, 15) is 13.2 Å². The van der Waals surface area contributed by atoms with Gasteiger partial charge in [0.1, 0.15) is 10.6 Å². The molecule has 2 rings (SSSR count). The van der Waals surface area contributed by atoms with Crippen LogP contribution in [0.1, 0.15) is 16.9 Å². The number of likely N-dealkylation sites (N-methyl/N-ethyl adjacent to an activating group) is 1. The lowest BCUT2D eigenvalue weighted by Gasteiger charge is -2.19. The highest BCUT2D eigenvalue weighted by Crippen LogP contribution is 2.24. The van der Waals surface area contributed by atoms with E-state index in [1.54, 1.807) is 0 Å². The molecule has 0 spiro atoms. The minimum absolute atomic E-state index is 0.0352. The molecule has 0 radical (unpaired) electrons. The lowest BCUT2D eigenvalue weighted by atomic mass is 10.2. The van der Waals surface area contributed by atoms with E-state index in [0.29, 0.717) is 13.1 Å². The zero-order valence-electron chi connectivity index (χ0n) is 11.8. The standard InChI is InChI=1S/C12H19N3O4S/c1-13(2)9-4-5-15(7-9)20(18,19)10-6-11(12(16)17)14(3)8-10/h6,8-9H,4-5,7H2,1-3H3,(H,16,17). The Morgan fingerprint density at radius 3 is 2.55 bits per heavy atom. The Kier molecular flexibility index (Phi) is 3.90. The molecule has 1 fully saturated rings. The SMILES string of the molecule is CN(C)C1CCN(S(=O)(=O)c2cc(C(=O)O)n(C)c2)C1. The molecule has 0 aromatic carbocycles. The molecule has 1 aliphatic rings. The van der Waals surface area contributed by atoms with Gasteiger partial charge in [0.05, 0.1) is 0 Å². The number of rotatable bonds is 4. The number of carbonyl (C=O) groups is 1. The third-order valence-corrected chi connectivity index (χ3v) is 5.52. The summed E-state index contributed by atoms with van der Waals surface area (Å²) in [6, 6.07) is 1.41. The molecule has 1 unspecified atom stereocenters. The highest BCUT2D eigenvalue weighted by atomic mass is 32.2. The average Bonchev–Trinajstić information content (AvgIpc) is 2.94. The van der Waals surface area contributed by atoms with Crippen LogP contribution in [-0.4, -0.2) is 66.5 Å². The molecule has 1 aliphatic heterocycles. The van der Waals surface area contributed by atoms with E-state index in [1.807, 2.05) is 19.0 Å². The zero-order chi connectivity index (χ0) is 15.1. The van der Waals surface area contributed by atoms with Gasteiger partial charge in [0.25, 0.3) is 0 Å². The van der Waals surface area contributed by atoms with Crippen molar-refractivity contribution in [1.82, 2.24) is 13.8 Å². The van der Waals surface area contributed by atoms with Crippen LogP contribution in [0.2, 0.25) is 0 Å². The Morgan fingerprint density at radius 2 is 2.10 bits per heavy atom. The molecule has 0 aliphatic carbocycles. The normalized spacial score (nSPS) is 20.7. The Labute approximate surface area is 118 Å². The number of carboxylic acid groups (broad SMARTS) is 1. The van der Waals surface area contributed by atoms with Crippen LogP contribution in [0.25, 0.3) is 0 Å². The van der Waals surface area contributed by atoms with Crippen molar-refractivity contribution < 1.29 is 18.3 Å². The highest BCUT2D eigenvalue weighted by Gasteiger charge is 2.34. The van der Waals surface area contributed by atoms with Crippen molar-refractivity contribution in [3.63, 3.8) is 0 Å². The Morgan fingerprint density at radius 1 is 1.45 bits per heavy atom. The molecule has 1 saturated heterocycles. The largest absolute Gasteiger partial charge is 0.477 e. The van der Waals surface area contributed by atoms with Crippen LogP contribution < -0.4 is 0 Å². The molecular formula is C12H19N3O4S. The van der Waals surface area contributed by atoms with Gasteiger partial charge in [-0.05, 0) is 26.6 Å². The third kappa shape index (κ3) is 2.58. The molecule has 7 nitrogen and oxygen atoms in total. The first kappa shape index (κ1) is 15.0. The molecular weight excluding hydrogens is 282 g/mol. The fourth-order valence-electron chi connectivity index (χ4n) is 2.39. The third-order valence-electron chi connectivity index (χ3n) is 3.69. The van der Waals surface area contributed by atoms with Gasteiger partial charge < -0.3 is 14.6 Å². The molecule has 8 heteroatoms. The van der Waals surface area contributed by atoms with Gasteiger partial charge in [-0.25, -0.2) is 13.2 Å². The molecule has 2 heterocycles. The van der Waals surface area contributed by atoms with E-state index < -0.39 is 16.0 Å². The Bertz CT molecular complexity index is 621. The predicted octanol–water partition coefficient (Wildman–Crippen LogP) is 0.0479. The molecule has 1 atom stereocenters. The fourth-order valence-corrected chi connectivity index (χ4v) is 3.95. The van der Waals surface area contributed by atoms with Crippen molar-refractivity contribution in [2.45, 2.75) is 17.4 Å². The molecule has 20 heavy (non-hydrogen) atoms. The van der Waals surface area contributed by atoms with Gasteiger partial charge in [0, 0.05) is 32.4 Å². The summed E-state index contributed by atoms with van der Waals surface area (Å²) in [6.07, 6.45) is 2.13. The Balaban J connectivity index is 2.28. The van der Waals surface area contributed by atoms with Gasteiger partial charge in [0.15, 0.2) is 0 Å². The predicted molar refractivity (Wildman–Crippen MR) is 73.2 cm³/mol. The van der Waals surface area contributed by atoms with E-state index >= 15 is 0 Å². The molecule has 0 amide bonds. The number of hydrogen-bond donors (Lipinski definition) is 1. The number of aromatic nitrogens is 1. The highest BCUT2D eigenvalue weighted by molar-refractivity contribution is 7.89. The summed E-state index contributed by atoms with van der Waals surface area (Å²) in [4.78, 5) is 13.0. The summed E-state index contributed by atoms with van der Waals surface area (Å²) in [5, 5.41) is 8.99. The number of hydrogen-bond acceptors (Lipinski definition) is 4. The number of carboxylic acids is 1. The number of aryl methyl sites for hydroxylation is 1. The zero-order valence-corrected chi connectivity index (χ0v) is 12.6. The van der Waals surface area contributed by atoms with Crippen molar-refractivity contribution in [2.75, 3.05) is 27.2 Å². The molecule has 112 valence electrons. The van der Waals surface area contributed by atoms with Crippen molar-refractivity contribution in [3.8, 4) is 0 Å². The van der Waals surface area contributed by atoms with Crippen molar-refractivity contribution in [3.05, 3.63) is 18.0 Å². The van der Waals surface area contributed by atoms with E-state index in [2.05, 4.69) is 0 Å². The minimum atomic E-state index is -3.62. The first-order chi connectivity index (χ1) is 9.23. The summed E-state index contributed by atoms with van der Waals surface area (Å²) in [6.45, 7) is 0.898. The number of aromatic carboxylic acids is 1. The average molecular weight is 301 g/mol. The number of nitrogens with zero attached hydrogens (tertiary/aromatic N) is 3. The van der Waals surface area contributed by atoms with Crippen LogP contribution >= 0.6 is 0 Å². The second-order valence-electron chi connectivity index (χ2n) is 5.25. The van der Waals surface area contributed by atoms with E-state index in [1.165, 1.54) is 28.2 Å². The van der Waals surface area contributed by atoms with Crippen LogP contribution in [-0.2, 0) is 17.1 Å². The lowest BCUT2D eigenvalue weighted by molar-refractivity contribution is 0.0686. The van der Waals surface area contributed by atoms with E-state index in [-0.39, 0.29) is 16.6 Å².